The number of aliphatic carboxylic acids is 1. The number of benzene rings is 2. The quantitative estimate of drug-likeness (QED) is 0.247. The second kappa shape index (κ2) is 15.1. The molecule has 2 aromatic carbocycles. The molecule has 2 unspecified atom stereocenters. The fourth-order valence-corrected chi connectivity index (χ4v) is 6.35. The smallest absolute Gasteiger partial charge is 0.322 e. The minimum atomic E-state index is -1.68. The van der Waals surface area contributed by atoms with Crippen LogP contribution in [-0.4, -0.2) is 82.0 Å². The molecule has 2 aliphatic rings. The first-order valence-electron chi connectivity index (χ1n) is 15.6. The van der Waals surface area contributed by atoms with E-state index >= 15 is 0 Å². The molecule has 0 spiro atoms. The van der Waals surface area contributed by atoms with Gasteiger partial charge in [0.05, 0.1) is 6.04 Å². The molecule has 0 bridgehead atoms. The maximum Gasteiger partial charge on any atom is 0.322 e. The lowest BCUT2D eigenvalue weighted by molar-refractivity contribution is -0.142. The zero-order valence-electron chi connectivity index (χ0n) is 25.5. The summed E-state index contributed by atoms with van der Waals surface area (Å²) in [5, 5.41) is 29.3. The number of nitrogens with one attached hydrogen (secondary N) is 3. The van der Waals surface area contributed by atoms with Crippen LogP contribution < -0.4 is 16.0 Å². The van der Waals surface area contributed by atoms with Gasteiger partial charge in [0.25, 0.3) is 11.8 Å². The Bertz CT molecular complexity index is 1360. The highest BCUT2D eigenvalue weighted by Gasteiger charge is 2.40. The van der Waals surface area contributed by atoms with E-state index in [0.717, 1.165) is 42.9 Å². The number of aliphatic hydroxyl groups excluding tert-OH is 1. The average molecular weight is 609 g/mol. The van der Waals surface area contributed by atoms with Gasteiger partial charge >= 0.3 is 5.97 Å². The fourth-order valence-electron chi connectivity index (χ4n) is 6.35. The molecular weight excluding hydrogens is 564 g/mol. The van der Waals surface area contributed by atoms with Crippen LogP contribution >= 0.6 is 0 Å². The highest BCUT2D eigenvalue weighted by atomic mass is 16.4. The molecule has 4 rings (SSSR count). The Kier molecular flexibility index (Phi) is 11.3. The first-order valence-corrected chi connectivity index (χ1v) is 15.6. The third-order valence-corrected chi connectivity index (χ3v) is 8.80. The minimum Gasteiger partial charge on any atom is -0.480 e. The number of amides is 4. The van der Waals surface area contributed by atoms with Gasteiger partial charge < -0.3 is 31.1 Å². The van der Waals surface area contributed by atoms with Gasteiger partial charge in [0.2, 0.25) is 11.8 Å². The van der Waals surface area contributed by atoms with E-state index in [0.29, 0.717) is 31.4 Å². The highest BCUT2D eigenvalue weighted by Crippen LogP contribution is 2.29. The summed E-state index contributed by atoms with van der Waals surface area (Å²) in [5.41, 5.74) is 0.454. The van der Waals surface area contributed by atoms with Crippen LogP contribution in [0.4, 0.5) is 0 Å². The average Bonchev–Trinajstić information content (AvgIpc) is 3.51. The summed E-state index contributed by atoms with van der Waals surface area (Å²) < 4.78 is 0. The van der Waals surface area contributed by atoms with Crippen LogP contribution in [0.25, 0.3) is 10.8 Å². The standard InChI is InChI=1S/C33H44N4O7/c1-20(2)28(29(40)32(43)34-19-27(38)39)36-31(42)26-13-8-16-37(26)33(44)25(17-21-9-4-3-5-10-21)35-30(41)24-15-14-22-11-6-7-12-23(22)18-24/h6-7,11-12,14-15,18,20-21,25-26,28-29,40H,3-5,8-10,13,16-17,19H2,1-2H3,(H,34,43)(H,35,41)(H,36,42)(H,38,39)/t25-,26+,28?,29?/m1/s1. The first-order chi connectivity index (χ1) is 21.0. The Labute approximate surface area is 257 Å². The predicted octanol–water partition coefficient (Wildman–Crippen LogP) is 2.60. The number of carboxylic acid groups (broad SMARTS) is 1. The Balaban J connectivity index is 1.49. The molecular formula is C33H44N4O7. The van der Waals surface area contributed by atoms with E-state index in [2.05, 4.69) is 16.0 Å². The van der Waals surface area contributed by atoms with E-state index in [1.54, 1.807) is 19.9 Å². The van der Waals surface area contributed by atoms with Crippen molar-refractivity contribution in [1.29, 1.82) is 0 Å². The van der Waals surface area contributed by atoms with Crippen LogP contribution in [0.2, 0.25) is 0 Å². The maximum atomic E-state index is 14.1. The monoisotopic (exact) mass is 608 g/mol. The number of hydrogen-bond acceptors (Lipinski definition) is 6. The molecule has 2 aromatic rings. The van der Waals surface area contributed by atoms with Crippen LogP contribution in [-0.2, 0) is 19.2 Å². The summed E-state index contributed by atoms with van der Waals surface area (Å²) in [6, 6.07) is 10.5. The third-order valence-electron chi connectivity index (χ3n) is 8.80. The third kappa shape index (κ3) is 8.34. The number of likely N-dealkylation sites (tertiary alicyclic amines) is 1. The molecule has 1 saturated heterocycles. The van der Waals surface area contributed by atoms with Crippen LogP contribution in [0.1, 0.15) is 75.6 Å². The van der Waals surface area contributed by atoms with E-state index in [1.807, 2.05) is 36.4 Å². The molecule has 5 N–H and O–H groups in total. The van der Waals surface area contributed by atoms with Gasteiger partial charge in [0, 0.05) is 12.1 Å². The van der Waals surface area contributed by atoms with Crippen LogP contribution in [0.15, 0.2) is 42.5 Å². The number of nitrogens with zero attached hydrogens (tertiary/aromatic N) is 1. The van der Waals surface area contributed by atoms with Gasteiger partial charge in [0.1, 0.15) is 18.6 Å². The van der Waals surface area contributed by atoms with Crippen molar-refractivity contribution < 1.29 is 34.2 Å². The van der Waals surface area contributed by atoms with E-state index < -0.39 is 48.6 Å². The lowest BCUT2D eigenvalue weighted by Crippen LogP contribution is -2.58. The topological polar surface area (TPSA) is 165 Å². The summed E-state index contributed by atoms with van der Waals surface area (Å²) in [6.07, 6.45) is 5.09. The van der Waals surface area contributed by atoms with Gasteiger partial charge in [-0.05, 0) is 54.0 Å². The van der Waals surface area contributed by atoms with Crippen LogP contribution in [0.5, 0.6) is 0 Å². The Hall–Kier alpha value is -3.99. The lowest BCUT2D eigenvalue weighted by atomic mass is 9.84. The van der Waals surface area contributed by atoms with Gasteiger partial charge in [-0.25, -0.2) is 0 Å². The molecule has 1 aliphatic heterocycles. The van der Waals surface area contributed by atoms with Gasteiger partial charge in [-0.1, -0.05) is 76.3 Å². The molecule has 0 radical (unpaired) electrons. The lowest BCUT2D eigenvalue weighted by Gasteiger charge is -2.33. The number of carbonyl (C=O) groups is 5. The van der Waals surface area contributed by atoms with Crippen LogP contribution in [0.3, 0.4) is 0 Å². The van der Waals surface area contributed by atoms with Gasteiger partial charge in [-0.2, -0.15) is 0 Å². The van der Waals surface area contributed by atoms with Crippen molar-refractivity contribution in [3.8, 4) is 0 Å². The molecule has 238 valence electrons. The SMILES string of the molecule is CC(C)C(NC(=O)[C@@H]1CCCN1C(=O)[C@@H](CC1CCCCC1)NC(=O)c1ccc2ccccc2c1)C(O)C(=O)NCC(=O)O. The predicted molar refractivity (Wildman–Crippen MR) is 165 cm³/mol. The zero-order valence-corrected chi connectivity index (χ0v) is 25.5. The van der Waals surface area contributed by atoms with Gasteiger partial charge in [-0.3, -0.25) is 24.0 Å². The number of hydrogen-bond donors (Lipinski definition) is 5. The second-order valence-electron chi connectivity index (χ2n) is 12.4. The molecule has 2 fully saturated rings. The van der Waals surface area contributed by atoms with Crippen molar-refractivity contribution in [1.82, 2.24) is 20.9 Å². The Morgan fingerprint density at radius 1 is 0.909 bits per heavy atom. The van der Waals surface area contributed by atoms with E-state index in [9.17, 15) is 29.1 Å². The molecule has 11 heteroatoms. The van der Waals surface area contributed by atoms with Crippen molar-refractivity contribution in [3.05, 3.63) is 48.0 Å². The van der Waals surface area contributed by atoms with Crippen molar-refractivity contribution in [3.63, 3.8) is 0 Å². The maximum absolute atomic E-state index is 14.1. The van der Waals surface area contributed by atoms with Gasteiger partial charge in [0.15, 0.2) is 6.10 Å². The second-order valence-corrected chi connectivity index (χ2v) is 12.4. The largest absolute Gasteiger partial charge is 0.480 e. The van der Waals surface area contributed by atoms with E-state index in [4.69, 9.17) is 5.11 Å². The molecule has 1 aliphatic carbocycles. The number of carboxylic acids is 1. The Morgan fingerprint density at radius 2 is 1.61 bits per heavy atom. The fraction of sp³-hybridized carbons (Fsp3) is 0.545. The Morgan fingerprint density at radius 3 is 2.30 bits per heavy atom. The van der Waals surface area contributed by atoms with Crippen molar-refractivity contribution in [2.75, 3.05) is 13.1 Å². The molecule has 1 saturated carbocycles. The van der Waals surface area contributed by atoms with Crippen molar-refractivity contribution >= 4 is 40.4 Å². The molecule has 44 heavy (non-hydrogen) atoms. The van der Waals surface area contributed by atoms with Crippen LogP contribution in [0, 0.1) is 11.8 Å². The molecule has 4 atom stereocenters. The van der Waals surface area contributed by atoms with E-state index in [-0.39, 0.29) is 23.7 Å². The molecule has 11 nitrogen and oxygen atoms in total. The van der Waals surface area contributed by atoms with Gasteiger partial charge in [-0.15, -0.1) is 0 Å². The number of rotatable bonds is 12. The summed E-state index contributed by atoms with van der Waals surface area (Å²) in [7, 11) is 0. The zero-order chi connectivity index (χ0) is 31.8. The summed E-state index contributed by atoms with van der Waals surface area (Å²) in [4.78, 5) is 65.8. The molecule has 0 aromatic heterocycles. The highest BCUT2D eigenvalue weighted by molar-refractivity contribution is 6.01. The summed E-state index contributed by atoms with van der Waals surface area (Å²) in [5.74, 6) is -3.41. The normalized spacial score (nSPS) is 19.3. The summed E-state index contributed by atoms with van der Waals surface area (Å²) in [6.45, 7) is 3.13. The number of fused-ring (bicyclic) bond motifs is 1. The number of aliphatic hydroxyl groups is 1. The summed E-state index contributed by atoms with van der Waals surface area (Å²) >= 11 is 0. The van der Waals surface area contributed by atoms with Crippen molar-refractivity contribution in [2.45, 2.75) is 89.4 Å². The number of carbonyl (C=O) groups excluding carboxylic acids is 4. The first kappa shape index (κ1) is 32.9. The van der Waals surface area contributed by atoms with Crippen molar-refractivity contribution in [2.24, 2.45) is 11.8 Å². The molecule has 4 amide bonds. The molecule has 1 heterocycles. The van der Waals surface area contributed by atoms with E-state index in [1.165, 1.54) is 4.90 Å². The minimum absolute atomic E-state index is 0.286.